The molecule has 1 aliphatic rings. The van der Waals surface area contributed by atoms with E-state index in [-0.39, 0.29) is 6.04 Å². The van der Waals surface area contributed by atoms with Crippen LogP contribution in [0.1, 0.15) is 18.4 Å². The predicted octanol–water partition coefficient (Wildman–Crippen LogP) is 2.85. The number of aromatic nitrogens is 1. The van der Waals surface area contributed by atoms with Gasteiger partial charge in [0.15, 0.2) is 0 Å². The summed E-state index contributed by atoms with van der Waals surface area (Å²) in [5.41, 5.74) is 2.13. The van der Waals surface area contributed by atoms with Gasteiger partial charge >= 0.3 is 0 Å². The second-order valence-corrected chi connectivity index (χ2v) is 9.23. The molecule has 4 rings (SSSR count). The molecule has 2 aromatic carbocycles. The third-order valence-corrected chi connectivity index (χ3v) is 6.30. The molecule has 0 atom stereocenters. The Kier molecular flexibility index (Phi) is 5.61. The van der Waals surface area contributed by atoms with Crippen LogP contribution in [-0.4, -0.2) is 37.4 Å². The van der Waals surface area contributed by atoms with Crippen molar-refractivity contribution >= 4 is 31.8 Å². The largest absolute Gasteiger partial charge is 0.431 e. The summed E-state index contributed by atoms with van der Waals surface area (Å²) in [5.74, 6) is 0.763. The Bertz CT molecular complexity index is 1010. The normalized spacial score (nSPS) is 16.5. The molecule has 28 heavy (non-hydrogen) atoms. The van der Waals surface area contributed by atoms with Crippen molar-refractivity contribution in [1.82, 2.24) is 14.6 Å². The zero-order valence-electron chi connectivity index (χ0n) is 15.2. The van der Waals surface area contributed by atoms with Crippen LogP contribution in [0.15, 0.2) is 48.5 Å². The van der Waals surface area contributed by atoms with E-state index >= 15 is 0 Å². The lowest BCUT2D eigenvalue weighted by Crippen LogP contribution is -2.46. The van der Waals surface area contributed by atoms with Gasteiger partial charge in [0.25, 0.3) is 15.4 Å². The van der Waals surface area contributed by atoms with Crippen LogP contribution in [-0.2, 0) is 16.8 Å². The maximum Gasteiger partial charge on any atom is 0.279 e. The highest BCUT2D eigenvalue weighted by Crippen LogP contribution is 2.31. The van der Waals surface area contributed by atoms with Gasteiger partial charge in [0, 0.05) is 25.7 Å². The van der Waals surface area contributed by atoms with E-state index in [1.54, 1.807) is 0 Å². The Hall–Kier alpha value is -2.04. The molecule has 9 heteroatoms. The van der Waals surface area contributed by atoms with Crippen molar-refractivity contribution in [1.29, 1.82) is 0 Å². The van der Waals surface area contributed by atoms with E-state index in [2.05, 4.69) is 26.7 Å². The molecule has 1 fully saturated rings. The first-order chi connectivity index (χ1) is 13.4. The van der Waals surface area contributed by atoms with Crippen molar-refractivity contribution < 1.29 is 13.2 Å². The van der Waals surface area contributed by atoms with E-state index in [0.717, 1.165) is 48.4 Å². The lowest BCUT2D eigenvalue weighted by Gasteiger charge is -2.31. The number of para-hydroxylation sites is 1. The van der Waals surface area contributed by atoms with Crippen LogP contribution in [0.4, 0.5) is 0 Å². The first-order valence-electron chi connectivity index (χ1n) is 9.09. The molecule has 1 aromatic heterocycles. The lowest BCUT2D eigenvalue weighted by atomic mass is 10.1. The number of piperidine rings is 1. The Labute approximate surface area is 168 Å². The van der Waals surface area contributed by atoms with Crippen LogP contribution in [0.3, 0.4) is 0 Å². The maximum absolute atomic E-state index is 11.1. The number of nitrogens with one attached hydrogen (secondary N) is 1. The quantitative estimate of drug-likeness (QED) is 0.641. The minimum absolute atomic E-state index is 0.0733. The van der Waals surface area contributed by atoms with Crippen molar-refractivity contribution in [3.05, 3.63) is 54.1 Å². The summed E-state index contributed by atoms with van der Waals surface area (Å²) in [6, 6.07) is 15.9. The van der Waals surface area contributed by atoms with E-state index in [1.807, 2.05) is 36.4 Å². The number of hydrogen-bond donors (Lipinski definition) is 2. The lowest BCUT2D eigenvalue weighted by molar-refractivity contribution is 0.200. The van der Waals surface area contributed by atoms with E-state index in [0.29, 0.717) is 5.19 Å². The van der Waals surface area contributed by atoms with Gasteiger partial charge in [-0.3, -0.25) is 4.90 Å². The number of fused-ring (bicyclic) bond motifs is 1. The smallest absolute Gasteiger partial charge is 0.279 e. The van der Waals surface area contributed by atoms with Crippen LogP contribution in [0.25, 0.3) is 10.2 Å². The molecule has 0 saturated carbocycles. The molecular formula is C19H22N4O3S2. The fraction of sp³-hybridized carbons (Fsp3) is 0.316. The molecule has 7 nitrogen and oxygen atoms in total. The number of nitrogens with zero attached hydrogens (tertiary/aromatic N) is 2. The maximum atomic E-state index is 11.1. The monoisotopic (exact) mass is 418 g/mol. The van der Waals surface area contributed by atoms with Crippen LogP contribution < -0.4 is 14.6 Å². The average Bonchev–Trinajstić information content (AvgIpc) is 3.06. The van der Waals surface area contributed by atoms with Gasteiger partial charge in [0.05, 0.1) is 10.2 Å². The van der Waals surface area contributed by atoms with Gasteiger partial charge in [-0.15, -0.1) is 0 Å². The Morgan fingerprint density at radius 1 is 1.14 bits per heavy atom. The van der Waals surface area contributed by atoms with E-state index < -0.39 is 10.2 Å². The molecule has 3 N–H and O–H groups in total. The number of rotatable bonds is 6. The Balaban J connectivity index is 1.31. The van der Waals surface area contributed by atoms with Crippen molar-refractivity contribution in [3.8, 4) is 10.9 Å². The fourth-order valence-electron chi connectivity index (χ4n) is 3.36. The van der Waals surface area contributed by atoms with Gasteiger partial charge in [-0.1, -0.05) is 35.6 Å². The van der Waals surface area contributed by atoms with Crippen molar-refractivity contribution in [3.63, 3.8) is 0 Å². The summed E-state index contributed by atoms with van der Waals surface area (Å²) in [6.07, 6.45) is 1.52. The highest BCUT2D eigenvalue weighted by Gasteiger charge is 2.21. The number of nitrogens with two attached hydrogens (primary N) is 1. The van der Waals surface area contributed by atoms with E-state index in [1.165, 1.54) is 16.9 Å². The van der Waals surface area contributed by atoms with Crippen molar-refractivity contribution in [2.75, 3.05) is 13.1 Å². The molecule has 0 aliphatic carbocycles. The zero-order valence-corrected chi connectivity index (χ0v) is 16.9. The SMILES string of the molecule is NS(=O)(=O)NC1CCN(Cc2ccc(Oc3nc4ccccc4s3)cc2)CC1. The molecule has 0 amide bonds. The molecule has 1 saturated heterocycles. The Morgan fingerprint density at radius 3 is 2.54 bits per heavy atom. The number of benzene rings is 2. The van der Waals surface area contributed by atoms with Crippen molar-refractivity contribution in [2.24, 2.45) is 5.14 Å². The summed E-state index contributed by atoms with van der Waals surface area (Å²) >= 11 is 1.53. The van der Waals surface area contributed by atoms with E-state index in [4.69, 9.17) is 9.88 Å². The van der Waals surface area contributed by atoms with Crippen molar-refractivity contribution in [2.45, 2.75) is 25.4 Å². The standard InChI is InChI=1S/C19H22N4O3S2/c20-28(24,25)22-15-9-11-23(12-10-15)13-14-5-7-16(8-6-14)26-19-21-17-3-1-2-4-18(17)27-19/h1-8,15,22H,9-13H2,(H2,20,24,25). The minimum Gasteiger partial charge on any atom is -0.431 e. The molecular weight excluding hydrogens is 396 g/mol. The van der Waals surface area contributed by atoms with Gasteiger partial charge in [-0.25, -0.2) is 10.1 Å². The molecule has 0 radical (unpaired) electrons. The minimum atomic E-state index is -3.63. The molecule has 0 bridgehead atoms. The molecule has 1 aliphatic heterocycles. The molecule has 2 heterocycles. The highest BCUT2D eigenvalue weighted by molar-refractivity contribution is 7.87. The van der Waals surface area contributed by atoms with Gasteiger partial charge in [-0.2, -0.15) is 13.1 Å². The zero-order chi connectivity index (χ0) is 19.6. The van der Waals surface area contributed by atoms with Gasteiger partial charge < -0.3 is 4.74 Å². The highest BCUT2D eigenvalue weighted by atomic mass is 32.2. The van der Waals surface area contributed by atoms with Crippen LogP contribution in [0.5, 0.6) is 10.9 Å². The number of thiazole rings is 1. The molecule has 0 spiro atoms. The van der Waals surface area contributed by atoms with E-state index in [9.17, 15) is 8.42 Å². The molecule has 0 unspecified atom stereocenters. The topological polar surface area (TPSA) is 97.5 Å². The van der Waals surface area contributed by atoms with Gasteiger partial charge in [0.2, 0.25) is 0 Å². The average molecular weight is 419 g/mol. The number of hydrogen-bond acceptors (Lipinski definition) is 6. The van der Waals surface area contributed by atoms with Gasteiger partial charge in [0.1, 0.15) is 5.75 Å². The molecule has 3 aromatic rings. The van der Waals surface area contributed by atoms with Crippen LogP contribution >= 0.6 is 11.3 Å². The summed E-state index contributed by atoms with van der Waals surface area (Å²) in [4.78, 5) is 6.80. The Morgan fingerprint density at radius 2 is 1.86 bits per heavy atom. The second kappa shape index (κ2) is 8.14. The number of ether oxygens (including phenoxy) is 1. The van der Waals surface area contributed by atoms with Crippen LogP contribution in [0.2, 0.25) is 0 Å². The second-order valence-electron chi connectivity index (χ2n) is 6.91. The summed E-state index contributed by atoms with van der Waals surface area (Å²) in [7, 11) is -3.63. The summed E-state index contributed by atoms with van der Waals surface area (Å²) < 4.78 is 31.7. The molecule has 148 valence electrons. The third-order valence-electron chi connectivity index (χ3n) is 4.73. The predicted molar refractivity (Wildman–Crippen MR) is 111 cm³/mol. The van der Waals surface area contributed by atoms with Gasteiger partial charge in [-0.05, 0) is 42.7 Å². The fourth-order valence-corrected chi connectivity index (χ4v) is 4.89. The number of likely N-dealkylation sites (tertiary alicyclic amines) is 1. The van der Waals surface area contributed by atoms with Crippen LogP contribution in [0, 0.1) is 0 Å². The third kappa shape index (κ3) is 5.06. The first-order valence-corrected chi connectivity index (χ1v) is 11.5. The first kappa shape index (κ1) is 19.3. The summed E-state index contributed by atoms with van der Waals surface area (Å²) in [6.45, 7) is 2.48. The summed E-state index contributed by atoms with van der Waals surface area (Å²) in [5, 5.41) is 5.69.